The first-order valence-electron chi connectivity index (χ1n) is 11.5. The summed E-state index contributed by atoms with van der Waals surface area (Å²) in [4.78, 5) is 45.6. The predicted molar refractivity (Wildman–Crippen MR) is 123 cm³/mol. The van der Waals surface area contributed by atoms with Gasteiger partial charge in [-0.25, -0.2) is 8.78 Å². The fourth-order valence-electron chi connectivity index (χ4n) is 4.52. The maximum atomic E-state index is 13.3. The second kappa shape index (κ2) is 10.2. The minimum absolute atomic E-state index is 0.158. The second-order valence-corrected chi connectivity index (χ2v) is 8.56. The number of carbonyl (C=O) groups is 3. The minimum Gasteiger partial charge on any atom is -0.368 e. The Morgan fingerprint density at radius 3 is 2.00 bits per heavy atom. The van der Waals surface area contributed by atoms with Crippen molar-refractivity contribution in [3.8, 4) is 0 Å². The van der Waals surface area contributed by atoms with Crippen LogP contribution in [0.15, 0.2) is 48.5 Å². The van der Waals surface area contributed by atoms with Crippen LogP contribution in [0.25, 0.3) is 0 Å². The van der Waals surface area contributed by atoms with Crippen LogP contribution in [0.3, 0.4) is 0 Å². The summed E-state index contributed by atoms with van der Waals surface area (Å²) in [6.07, 6.45) is 0.411. The highest BCUT2D eigenvalue weighted by atomic mass is 19.1. The summed E-state index contributed by atoms with van der Waals surface area (Å²) in [7, 11) is 0. The van der Waals surface area contributed by atoms with E-state index in [0.29, 0.717) is 39.1 Å². The maximum absolute atomic E-state index is 13.3. The molecule has 2 aromatic carbocycles. The van der Waals surface area contributed by atoms with Gasteiger partial charge in [-0.15, -0.1) is 0 Å². The maximum Gasteiger partial charge on any atom is 0.312 e. The molecule has 4 rings (SSSR count). The summed E-state index contributed by atoms with van der Waals surface area (Å²) in [6.45, 7) is 4.81. The summed E-state index contributed by atoms with van der Waals surface area (Å²) >= 11 is 0. The van der Waals surface area contributed by atoms with Crippen molar-refractivity contribution in [1.29, 1.82) is 0 Å². The van der Waals surface area contributed by atoms with Gasteiger partial charge >= 0.3 is 11.8 Å². The van der Waals surface area contributed by atoms with Crippen LogP contribution in [0.4, 0.5) is 14.5 Å². The molecule has 2 aliphatic rings. The lowest BCUT2D eigenvalue weighted by atomic mass is 10.1. The number of piperazine rings is 2. The van der Waals surface area contributed by atoms with Crippen molar-refractivity contribution in [3.05, 3.63) is 65.7 Å². The number of halogens is 2. The zero-order valence-electron chi connectivity index (χ0n) is 19.1. The predicted octanol–water partition coefficient (Wildman–Crippen LogP) is 2.26. The molecule has 2 fully saturated rings. The molecule has 0 aromatic heterocycles. The van der Waals surface area contributed by atoms with E-state index in [1.54, 1.807) is 29.2 Å². The number of rotatable bonds is 6. The quantitative estimate of drug-likeness (QED) is 0.608. The summed E-state index contributed by atoms with van der Waals surface area (Å²) in [5.74, 6) is -2.14. The fraction of sp³-hybridized carbons (Fsp3) is 0.400. The van der Waals surface area contributed by atoms with Crippen molar-refractivity contribution in [3.63, 3.8) is 0 Å². The Kier molecular flexibility index (Phi) is 7.09. The van der Waals surface area contributed by atoms with Crippen molar-refractivity contribution >= 4 is 23.4 Å². The number of benzene rings is 2. The van der Waals surface area contributed by atoms with Gasteiger partial charge in [0.15, 0.2) is 0 Å². The summed E-state index contributed by atoms with van der Waals surface area (Å²) in [5, 5.41) is 0. The molecule has 2 saturated heterocycles. The smallest absolute Gasteiger partial charge is 0.312 e. The van der Waals surface area contributed by atoms with Gasteiger partial charge in [-0.2, -0.15) is 0 Å². The minimum atomic E-state index is -0.693. The SMILES string of the molecule is CC[C@H](C(=O)N1CCN(c2ccc(F)cc2)CC1)N1CCN(Cc2ccc(F)cc2)C(=O)C1=O. The molecule has 2 heterocycles. The average molecular weight is 471 g/mol. The summed E-state index contributed by atoms with van der Waals surface area (Å²) in [6, 6.07) is 11.4. The molecule has 0 spiro atoms. The van der Waals surface area contributed by atoms with E-state index in [0.717, 1.165) is 11.3 Å². The number of anilines is 1. The number of amides is 3. The van der Waals surface area contributed by atoms with Gasteiger partial charge in [0.05, 0.1) is 0 Å². The molecule has 7 nitrogen and oxygen atoms in total. The van der Waals surface area contributed by atoms with Crippen LogP contribution in [0.2, 0.25) is 0 Å². The van der Waals surface area contributed by atoms with Crippen molar-refractivity contribution in [2.75, 3.05) is 44.2 Å². The molecule has 3 amide bonds. The number of hydrogen-bond acceptors (Lipinski definition) is 4. The molecule has 2 aliphatic heterocycles. The highest BCUT2D eigenvalue weighted by molar-refractivity contribution is 6.35. The summed E-state index contributed by atoms with van der Waals surface area (Å²) in [5.41, 5.74) is 1.64. The van der Waals surface area contributed by atoms with E-state index in [9.17, 15) is 23.2 Å². The molecule has 0 saturated carbocycles. The van der Waals surface area contributed by atoms with Gasteiger partial charge in [-0.1, -0.05) is 19.1 Å². The van der Waals surface area contributed by atoms with Crippen molar-refractivity contribution in [1.82, 2.24) is 14.7 Å². The Hall–Kier alpha value is -3.49. The largest absolute Gasteiger partial charge is 0.368 e. The van der Waals surface area contributed by atoms with Crippen LogP contribution in [0.5, 0.6) is 0 Å². The highest BCUT2D eigenvalue weighted by Crippen LogP contribution is 2.20. The first-order chi connectivity index (χ1) is 16.4. The van der Waals surface area contributed by atoms with E-state index in [2.05, 4.69) is 4.90 Å². The Labute approximate surface area is 197 Å². The van der Waals surface area contributed by atoms with Crippen LogP contribution in [-0.2, 0) is 20.9 Å². The fourth-order valence-corrected chi connectivity index (χ4v) is 4.52. The first kappa shape index (κ1) is 23.7. The molecule has 0 radical (unpaired) electrons. The van der Waals surface area contributed by atoms with Crippen molar-refractivity contribution in [2.24, 2.45) is 0 Å². The normalized spacial score (nSPS) is 17.9. The van der Waals surface area contributed by atoms with E-state index in [-0.39, 0.29) is 30.6 Å². The molecule has 180 valence electrons. The molecule has 1 atom stereocenters. The molecule has 9 heteroatoms. The highest BCUT2D eigenvalue weighted by Gasteiger charge is 2.40. The topological polar surface area (TPSA) is 64.2 Å². The van der Waals surface area contributed by atoms with Crippen molar-refractivity contribution in [2.45, 2.75) is 25.9 Å². The number of hydrogen-bond donors (Lipinski definition) is 0. The van der Waals surface area contributed by atoms with Gasteiger partial charge in [0, 0.05) is 51.5 Å². The molecular formula is C25H28F2N4O3. The third kappa shape index (κ3) is 5.03. The lowest BCUT2D eigenvalue weighted by molar-refractivity contribution is -0.161. The lowest BCUT2D eigenvalue weighted by Crippen LogP contribution is -2.61. The van der Waals surface area contributed by atoms with Crippen LogP contribution in [-0.4, -0.2) is 77.7 Å². The molecule has 0 unspecified atom stereocenters. The van der Waals surface area contributed by atoms with Gasteiger partial charge in [-0.3, -0.25) is 14.4 Å². The van der Waals surface area contributed by atoms with Gasteiger partial charge in [0.1, 0.15) is 17.7 Å². The molecule has 34 heavy (non-hydrogen) atoms. The number of carbonyl (C=O) groups excluding carboxylic acids is 3. The third-order valence-corrected chi connectivity index (χ3v) is 6.46. The van der Waals surface area contributed by atoms with Gasteiger partial charge in [-0.05, 0) is 48.4 Å². The number of nitrogens with zero attached hydrogens (tertiary/aromatic N) is 4. The van der Waals surface area contributed by atoms with Crippen LogP contribution in [0, 0.1) is 11.6 Å². The zero-order valence-corrected chi connectivity index (χ0v) is 19.1. The average Bonchev–Trinajstić information content (AvgIpc) is 2.85. The lowest BCUT2D eigenvalue weighted by Gasteiger charge is -2.41. The zero-order chi connectivity index (χ0) is 24.2. The van der Waals surface area contributed by atoms with Gasteiger partial charge in [0.25, 0.3) is 0 Å². The molecule has 0 N–H and O–H groups in total. The van der Waals surface area contributed by atoms with Gasteiger partial charge < -0.3 is 19.6 Å². The molecule has 2 aromatic rings. The van der Waals surface area contributed by atoms with Crippen LogP contribution < -0.4 is 4.90 Å². The van der Waals surface area contributed by atoms with E-state index in [4.69, 9.17) is 0 Å². The molecule has 0 aliphatic carbocycles. The third-order valence-electron chi connectivity index (χ3n) is 6.46. The summed E-state index contributed by atoms with van der Waals surface area (Å²) < 4.78 is 26.3. The van der Waals surface area contributed by atoms with Crippen LogP contribution >= 0.6 is 0 Å². The molecule has 0 bridgehead atoms. The standard InChI is InChI=1S/C25H28F2N4O3/c1-2-22(23(32)29-13-11-28(12-14-29)21-9-7-20(27)8-10-21)31-16-15-30(24(33)25(31)34)17-18-3-5-19(26)6-4-18/h3-10,22H,2,11-17H2,1H3/t22-/m1/s1. The van der Waals surface area contributed by atoms with E-state index < -0.39 is 17.9 Å². The van der Waals surface area contributed by atoms with Crippen molar-refractivity contribution < 1.29 is 23.2 Å². The van der Waals surface area contributed by atoms with Crippen LogP contribution in [0.1, 0.15) is 18.9 Å². The van der Waals surface area contributed by atoms with Gasteiger partial charge in [0.2, 0.25) is 5.91 Å². The first-order valence-corrected chi connectivity index (χ1v) is 11.5. The van der Waals surface area contributed by atoms with E-state index in [1.807, 2.05) is 6.92 Å². The Morgan fingerprint density at radius 2 is 1.41 bits per heavy atom. The molecular weight excluding hydrogens is 442 g/mol. The Morgan fingerprint density at radius 1 is 0.824 bits per heavy atom. The van der Waals surface area contributed by atoms with E-state index >= 15 is 0 Å². The Balaban J connectivity index is 1.36. The van der Waals surface area contributed by atoms with E-state index in [1.165, 1.54) is 34.1 Å². The Bertz CT molecular complexity index is 1040. The second-order valence-electron chi connectivity index (χ2n) is 8.56. The monoisotopic (exact) mass is 470 g/mol.